The van der Waals surface area contributed by atoms with E-state index >= 15 is 0 Å². The van der Waals surface area contributed by atoms with Crippen LogP contribution in [0.15, 0.2) is 97.1 Å². The largest absolute Gasteiger partial charge is 0.322 e. The standard InChI is InChI=1S/C29H26N2O2/c1-20-11-13-22(14-12-20)26-9-4-5-10-27(26)28(32)30-24-17-15-23(16-18-24)29(33)31(3)25-8-6-7-21(2)19-25/h4-19H,1-3H3,(H,30,32). The predicted molar refractivity (Wildman–Crippen MR) is 135 cm³/mol. The van der Waals surface area contributed by atoms with Crippen molar-refractivity contribution in [3.63, 3.8) is 0 Å². The number of nitrogens with zero attached hydrogens (tertiary/aromatic N) is 1. The van der Waals surface area contributed by atoms with Crippen LogP contribution in [-0.2, 0) is 0 Å². The fourth-order valence-electron chi connectivity index (χ4n) is 3.71. The maximum atomic E-state index is 13.0. The predicted octanol–water partition coefficient (Wildman–Crippen LogP) is 6.50. The lowest BCUT2D eigenvalue weighted by Crippen LogP contribution is -2.26. The van der Waals surface area contributed by atoms with Crippen molar-refractivity contribution in [1.29, 1.82) is 0 Å². The van der Waals surface area contributed by atoms with Gasteiger partial charge in [0.25, 0.3) is 11.8 Å². The summed E-state index contributed by atoms with van der Waals surface area (Å²) in [5.41, 5.74) is 6.75. The molecule has 4 rings (SSSR count). The van der Waals surface area contributed by atoms with E-state index in [4.69, 9.17) is 0 Å². The second-order valence-corrected chi connectivity index (χ2v) is 8.15. The minimum absolute atomic E-state index is 0.108. The van der Waals surface area contributed by atoms with Crippen molar-refractivity contribution in [2.75, 3.05) is 17.3 Å². The molecule has 0 aliphatic rings. The zero-order valence-electron chi connectivity index (χ0n) is 19.0. The molecular weight excluding hydrogens is 408 g/mol. The Balaban J connectivity index is 1.50. The zero-order chi connectivity index (χ0) is 23.4. The summed E-state index contributed by atoms with van der Waals surface area (Å²) in [6.07, 6.45) is 0. The second kappa shape index (κ2) is 9.53. The zero-order valence-corrected chi connectivity index (χ0v) is 19.0. The van der Waals surface area contributed by atoms with Gasteiger partial charge in [-0.15, -0.1) is 0 Å². The molecule has 33 heavy (non-hydrogen) atoms. The van der Waals surface area contributed by atoms with Crippen LogP contribution in [0.2, 0.25) is 0 Å². The van der Waals surface area contributed by atoms with Gasteiger partial charge >= 0.3 is 0 Å². The van der Waals surface area contributed by atoms with Crippen LogP contribution >= 0.6 is 0 Å². The van der Waals surface area contributed by atoms with Crippen LogP contribution < -0.4 is 10.2 Å². The molecule has 0 spiro atoms. The molecular formula is C29H26N2O2. The highest BCUT2D eigenvalue weighted by Crippen LogP contribution is 2.25. The van der Waals surface area contributed by atoms with Crippen LogP contribution in [-0.4, -0.2) is 18.9 Å². The highest BCUT2D eigenvalue weighted by molar-refractivity contribution is 6.09. The molecule has 0 aliphatic heterocycles. The number of rotatable bonds is 5. The summed E-state index contributed by atoms with van der Waals surface area (Å²) in [6, 6.07) is 30.4. The summed E-state index contributed by atoms with van der Waals surface area (Å²) in [5, 5.41) is 2.95. The molecule has 0 bridgehead atoms. The van der Waals surface area contributed by atoms with E-state index in [0.29, 0.717) is 16.8 Å². The molecule has 0 aromatic heterocycles. The first-order chi connectivity index (χ1) is 15.9. The van der Waals surface area contributed by atoms with E-state index in [1.165, 1.54) is 5.56 Å². The highest BCUT2D eigenvalue weighted by atomic mass is 16.2. The Bertz CT molecular complexity index is 1290. The van der Waals surface area contributed by atoms with Crippen molar-refractivity contribution in [3.8, 4) is 11.1 Å². The van der Waals surface area contributed by atoms with Crippen molar-refractivity contribution < 1.29 is 9.59 Å². The maximum Gasteiger partial charge on any atom is 0.258 e. The molecule has 4 aromatic rings. The lowest BCUT2D eigenvalue weighted by Gasteiger charge is -2.18. The SMILES string of the molecule is Cc1ccc(-c2ccccc2C(=O)Nc2ccc(C(=O)N(C)c3cccc(C)c3)cc2)cc1. The Kier molecular flexibility index (Phi) is 6.36. The Labute approximate surface area is 194 Å². The summed E-state index contributed by atoms with van der Waals surface area (Å²) in [5.74, 6) is -0.301. The van der Waals surface area contributed by atoms with Crippen molar-refractivity contribution in [2.45, 2.75) is 13.8 Å². The van der Waals surface area contributed by atoms with Gasteiger partial charge in [0.1, 0.15) is 0 Å². The Morgan fingerprint density at radius 3 is 2.12 bits per heavy atom. The summed E-state index contributed by atoms with van der Waals surface area (Å²) in [7, 11) is 1.76. The van der Waals surface area contributed by atoms with Gasteiger partial charge in [-0.2, -0.15) is 0 Å². The van der Waals surface area contributed by atoms with E-state index in [2.05, 4.69) is 5.32 Å². The van der Waals surface area contributed by atoms with Gasteiger partial charge in [0.15, 0.2) is 0 Å². The summed E-state index contributed by atoms with van der Waals surface area (Å²) >= 11 is 0. The highest BCUT2D eigenvalue weighted by Gasteiger charge is 2.15. The molecule has 4 nitrogen and oxygen atoms in total. The fourth-order valence-corrected chi connectivity index (χ4v) is 3.71. The molecule has 0 unspecified atom stereocenters. The average Bonchev–Trinajstić information content (AvgIpc) is 2.84. The molecule has 0 fully saturated rings. The molecule has 0 aliphatic carbocycles. The molecule has 4 aromatic carbocycles. The third-order valence-electron chi connectivity index (χ3n) is 5.62. The van der Waals surface area contributed by atoms with Gasteiger partial charge in [-0.1, -0.05) is 60.2 Å². The molecule has 4 heteroatoms. The van der Waals surface area contributed by atoms with Gasteiger partial charge < -0.3 is 10.2 Å². The number of carbonyl (C=O) groups is 2. The number of hydrogen-bond acceptors (Lipinski definition) is 2. The number of anilines is 2. The van der Waals surface area contributed by atoms with E-state index in [9.17, 15) is 9.59 Å². The Morgan fingerprint density at radius 2 is 1.42 bits per heavy atom. The molecule has 0 radical (unpaired) electrons. The number of carbonyl (C=O) groups excluding carboxylic acids is 2. The Morgan fingerprint density at radius 1 is 0.727 bits per heavy atom. The summed E-state index contributed by atoms with van der Waals surface area (Å²) in [4.78, 5) is 27.5. The molecule has 0 saturated carbocycles. The number of aryl methyl sites for hydroxylation is 2. The number of hydrogen-bond donors (Lipinski definition) is 1. The van der Waals surface area contributed by atoms with Gasteiger partial charge in [-0.05, 0) is 73.0 Å². The van der Waals surface area contributed by atoms with E-state index in [1.54, 1.807) is 36.2 Å². The lowest BCUT2D eigenvalue weighted by molar-refractivity contribution is 0.0991. The third-order valence-corrected chi connectivity index (χ3v) is 5.62. The van der Waals surface area contributed by atoms with Crippen LogP contribution in [0.1, 0.15) is 31.8 Å². The average molecular weight is 435 g/mol. The van der Waals surface area contributed by atoms with Gasteiger partial charge in [0.05, 0.1) is 0 Å². The molecule has 0 saturated heterocycles. The number of nitrogens with one attached hydrogen (secondary N) is 1. The first-order valence-corrected chi connectivity index (χ1v) is 10.8. The Hall–Kier alpha value is -4.18. The van der Waals surface area contributed by atoms with Crippen molar-refractivity contribution in [1.82, 2.24) is 0 Å². The summed E-state index contributed by atoms with van der Waals surface area (Å²) < 4.78 is 0. The van der Waals surface area contributed by atoms with E-state index in [0.717, 1.165) is 22.4 Å². The molecule has 0 atom stereocenters. The van der Waals surface area contributed by atoms with Crippen LogP contribution in [0.25, 0.3) is 11.1 Å². The van der Waals surface area contributed by atoms with Crippen molar-refractivity contribution in [3.05, 3.63) is 119 Å². The quantitative estimate of drug-likeness (QED) is 0.390. The van der Waals surface area contributed by atoms with E-state index in [1.807, 2.05) is 86.6 Å². The third kappa shape index (κ3) is 5.01. The topological polar surface area (TPSA) is 49.4 Å². The first-order valence-electron chi connectivity index (χ1n) is 10.8. The smallest absolute Gasteiger partial charge is 0.258 e. The number of amides is 2. The minimum atomic E-state index is -0.192. The van der Waals surface area contributed by atoms with Crippen LogP contribution in [0.5, 0.6) is 0 Å². The van der Waals surface area contributed by atoms with Crippen LogP contribution in [0.3, 0.4) is 0 Å². The van der Waals surface area contributed by atoms with Gasteiger partial charge in [0, 0.05) is 29.5 Å². The van der Waals surface area contributed by atoms with Crippen LogP contribution in [0.4, 0.5) is 11.4 Å². The first kappa shape index (κ1) is 22.0. The summed E-state index contributed by atoms with van der Waals surface area (Å²) in [6.45, 7) is 4.03. The molecule has 0 heterocycles. The minimum Gasteiger partial charge on any atom is -0.322 e. The van der Waals surface area contributed by atoms with Gasteiger partial charge in [-0.3, -0.25) is 9.59 Å². The van der Waals surface area contributed by atoms with Crippen molar-refractivity contribution >= 4 is 23.2 Å². The van der Waals surface area contributed by atoms with Gasteiger partial charge in [-0.25, -0.2) is 0 Å². The normalized spacial score (nSPS) is 10.5. The van der Waals surface area contributed by atoms with E-state index < -0.39 is 0 Å². The molecule has 1 N–H and O–H groups in total. The van der Waals surface area contributed by atoms with Gasteiger partial charge in [0.2, 0.25) is 0 Å². The van der Waals surface area contributed by atoms with Crippen molar-refractivity contribution in [2.24, 2.45) is 0 Å². The fraction of sp³-hybridized carbons (Fsp3) is 0.103. The maximum absolute atomic E-state index is 13.0. The second-order valence-electron chi connectivity index (χ2n) is 8.15. The number of benzene rings is 4. The van der Waals surface area contributed by atoms with E-state index in [-0.39, 0.29) is 11.8 Å². The molecule has 2 amide bonds. The van der Waals surface area contributed by atoms with Crippen LogP contribution in [0, 0.1) is 13.8 Å². The molecule has 164 valence electrons. The lowest BCUT2D eigenvalue weighted by atomic mass is 9.98. The monoisotopic (exact) mass is 434 g/mol.